The van der Waals surface area contributed by atoms with Gasteiger partial charge in [0.1, 0.15) is 17.0 Å². The molecule has 1 fully saturated rings. The number of rotatable bonds is 4. The summed E-state index contributed by atoms with van der Waals surface area (Å²) in [6.45, 7) is 4.65. The Labute approximate surface area is 146 Å². The summed E-state index contributed by atoms with van der Waals surface area (Å²) >= 11 is 0. The molecule has 2 heterocycles. The van der Waals surface area contributed by atoms with Gasteiger partial charge in [0, 0.05) is 25.1 Å². The molecule has 2 unspecified atom stereocenters. The Hall–Kier alpha value is -2.63. The molecule has 6 nitrogen and oxygen atoms in total. The molecule has 0 aliphatic carbocycles. The molecule has 0 saturated carbocycles. The molecule has 6 heteroatoms. The first-order valence-corrected chi connectivity index (χ1v) is 8.57. The lowest BCUT2D eigenvalue weighted by Gasteiger charge is -2.34. The quantitative estimate of drug-likeness (QED) is 0.923. The summed E-state index contributed by atoms with van der Waals surface area (Å²) in [6.07, 6.45) is 1.14. The summed E-state index contributed by atoms with van der Waals surface area (Å²) in [7, 11) is 0. The molecule has 0 radical (unpaired) electrons. The summed E-state index contributed by atoms with van der Waals surface area (Å²) in [6, 6.07) is 9.43. The highest BCUT2D eigenvalue weighted by Gasteiger charge is 2.35. The topological polar surface area (TPSA) is 83.6 Å². The number of carboxylic acid groups (broad SMARTS) is 1. The van der Waals surface area contributed by atoms with Crippen LogP contribution in [0.3, 0.4) is 0 Å². The minimum Gasteiger partial charge on any atom is -0.481 e. The van der Waals surface area contributed by atoms with E-state index in [1.165, 1.54) is 0 Å². The third-order valence-corrected chi connectivity index (χ3v) is 4.64. The number of benzene rings is 1. The van der Waals surface area contributed by atoms with Crippen molar-refractivity contribution in [1.29, 1.82) is 0 Å². The van der Waals surface area contributed by atoms with E-state index in [0.717, 1.165) is 5.56 Å². The molecular weight excluding hydrogens is 320 g/mol. The standard InChI is InChI=1S/C19H22N2O4/c1-3-15-16(17(20-25-15)13-7-5-4-6-8-13)18(22)21-10-12(2)9-14(11-21)19(23)24/h4-8,12,14H,3,9-11H2,1-2H3,(H,23,24). The van der Waals surface area contributed by atoms with Gasteiger partial charge in [0.15, 0.2) is 0 Å². The van der Waals surface area contributed by atoms with Crippen LogP contribution in [-0.4, -0.2) is 40.1 Å². The fourth-order valence-corrected chi connectivity index (χ4v) is 3.43. The van der Waals surface area contributed by atoms with E-state index in [4.69, 9.17) is 4.52 Å². The number of aryl methyl sites for hydroxylation is 1. The van der Waals surface area contributed by atoms with Crippen molar-refractivity contribution in [2.75, 3.05) is 13.1 Å². The predicted molar refractivity (Wildman–Crippen MR) is 92.1 cm³/mol. The summed E-state index contributed by atoms with van der Waals surface area (Å²) in [5, 5.41) is 13.5. The summed E-state index contributed by atoms with van der Waals surface area (Å²) in [5.41, 5.74) is 1.79. The lowest BCUT2D eigenvalue weighted by atomic mass is 9.90. The van der Waals surface area contributed by atoms with Crippen LogP contribution in [0.4, 0.5) is 0 Å². The second-order valence-electron chi connectivity index (χ2n) is 6.64. The van der Waals surface area contributed by atoms with Gasteiger partial charge in [0.05, 0.1) is 5.92 Å². The van der Waals surface area contributed by atoms with Crippen LogP contribution in [0.25, 0.3) is 11.3 Å². The number of nitrogens with zero attached hydrogens (tertiary/aromatic N) is 2. The molecule has 3 rings (SSSR count). The van der Waals surface area contributed by atoms with E-state index in [1.807, 2.05) is 44.2 Å². The van der Waals surface area contributed by atoms with Gasteiger partial charge in [-0.3, -0.25) is 9.59 Å². The zero-order chi connectivity index (χ0) is 18.0. The lowest BCUT2D eigenvalue weighted by molar-refractivity contribution is -0.143. The first-order chi connectivity index (χ1) is 12.0. The van der Waals surface area contributed by atoms with E-state index in [9.17, 15) is 14.7 Å². The molecule has 25 heavy (non-hydrogen) atoms. The third kappa shape index (κ3) is 3.43. The number of hydrogen-bond acceptors (Lipinski definition) is 4. The second kappa shape index (κ2) is 7.09. The van der Waals surface area contributed by atoms with Crippen LogP contribution in [0, 0.1) is 11.8 Å². The third-order valence-electron chi connectivity index (χ3n) is 4.64. The number of carbonyl (C=O) groups excluding carboxylic acids is 1. The number of likely N-dealkylation sites (tertiary alicyclic amines) is 1. The van der Waals surface area contributed by atoms with Gasteiger partial charge in [-0.15, -0.1) is 0 Å². The van der Waals surface area contributed by atoms with Gasteiger partial charge in [0.2, 0.25) is 0 Å². The van der Waals surface area contributed by atoms with Gasteiger partial charge >= 0.3 is 5.97 Å². The second-order valence-corrected chi connectivity index (χ2v) is 6.64. The van der Waals surface area contributed by atoms with E-state index in [1.54, 1.807) is 4.90 Å². The average molecular weight is 342 g/mol. The summed E-state index contributed by atoms with van der Waals surface area (Å²) in [5.74, 6) is -0.904. The van der Waals surface area contributed by atoms with Crippen molar-refractivity contribution in [1.82, 2.24) is 10.1 Å². The SMILES string of the molecule is CCc1onc(-c2ccccc2)c1C(=O)N1CC(C)CC(C(=O)O)C1. The number of hydrogen-bond donors (Lipinski definition) is 1. The Morgan fingerprint density at radius 3 is 2.64 bits per heavy atom. The summed E-state index contributed by atoms with van der Waals surface area (Å²) in [4.78, 5) is 26.2. The van der Waals surface area contributed by atoms with E-state index < -0.39 is 11.9 Å². The molecule has 1 amide bonds. The molecule has 132 valence electrons. The van der Waals surface area contributed by atoms with Crippen molar-refractivity contribution >= 4 is 11.9 Å². The van der Waals surface area contributed by atoms with Crippen molar-refractivity contribution in [3.05, 3.63) is 41.7 Å². The normalized spacial score (nSPS) is 20.5. The monoisotopic (exact) mass is 342 g/mol. The molecule has 2 aromatic rings. The van der Waals surface area contributed by atoms with Gasteiger partial charge in [-0.05, 0) is 12.3 Å². The van der Waals surface area contributed by atoms with Crippen LogP contribution < -0.4 is 0 Å². The molecule has 1 aromatic carbocycles. The van der Waals surface area contributed by atoms with Crippen molar-refractivity contribution in [3.63, 3.8) is 0 Å². The molecule has 1 aliphatic heterocycles. The van der Waals surface area contributed by atoms with Gasteiger partial charge in [0.25, 0.3) is 5.91 Å². The molecule has 0 spiro atoms. The predicted octanol–water partition coefficient (Wildman–Crippen LogP) is 3.09. The minimum atomic E-state index is -0.853. The highest BCUT2D eigenvalue weighted by Crippen LogP contribution is 2.30. The van der Waals surface area contributed by atoms with Crippen molar-refractivity contribution in [3.8, 4) is 11.3 Å². The lowest BCUT2D eigenvalue weighted by Crippen LogP contribution is -2.45. The number of aliphatic carboxylic acids is 1. The van der Waals surface area contributed by atoms with E-state index in [0.29, 0.717) is 36.4 Å². The molecule has 1 aromatic heterocycles. The molecule has 0 bridgehead atoms. The van der Waals surface area contributed by atoms with E-state index >= 15 is 0 Å². The van der Waals surface area contributed by atoms with Crippen LogP contribution >= 0.6 is 0 Å². The highest BCUT2D eigenvalue weighted by atomic mass is 16.5. The Bertz CT molecular complexity index is 769. The Morgan fingerprint density at radius 2 is 2.00 bits per heavy atom. The Balaban J connectivity index is 1.96. The largest absolute Gasteiger partial charge is 0.481 e. The van der Waals surface area contributed by atoms with Crippen LogP contribution in [0.5, 0.6) is 0 Å². The molecule has 2 atom stereocenters. The van der Waals surface area contributed by atoms with Crippen LogP contribution in [0.1, 0.15) is 36.4 Å². The van der Waals surface area contributed by atoms with E-state index in [2.05, 4.69) is 5.16 Å². The molecule has 1 aliphatic rings. The number of carboxylic acids is 1. The highest BCUT2D eigenvalue weighted by molar-refractivity contribution is 6.01. The van der Waals surface area contributed by atoms with Crippen LogP contribution in [0.15, 0.2) is 34.9 Å². The number of aromatic nitrogens is 1. The fraction of sp³-hybridized carbons (Fsp3) is 0.421. The van der Waals surface area contributed by atoms with E-state index in [-0.39, 0.29) is 18.4 Å². The van der Waals surface area contributed by atoms with Gasteiger partial charge in [-0.2, -0.15) is 0 Å². The van der Waals surface area contributed by atoms with Crippen molar-refractivity contribution in [2.45, 2.75) is 26.7 Å². The first-order valence-electron chi connectivity index (χ1n) is 8.57. The Kier molecular flexibility index (Phi) is 4.88. The average Bonchev–Trinajstić information content (AvgIpc) is 3.05. The fourth-order valence-electron chi connectivity index (χ4n) is 3.43. The smallest absolute Gasteiger partial charge is 0.308 e. The Morgan fingerprint density at radius 1 is 1.28 bits per heavy atom. The zero-order valence-corrected chi connectivity index (χ0v) is 14.4. The minimum absolute atomic E-state index is 0.143. The van der Waals surface area contributed by atoms with Crippen LogP contribution in [-0.2, 0) is 11.2 Å². The van der Waals surface area contributed by atoms with Gasteiger partial charge < -0.3 is 14.5 Å². The maximum Gasteiger partial charge on any atom is 0.308 e. The number of piperidine rings is 1. The van der Waals surface area contributed by atoms with Crippen LogP contribution in [0.2, 0.25) is 0 Å². The zero-order valence-electron chi connectivity index (χ0n) is 14.4. The first kappa shape index (κ1) is 17.2. The maximum absolute atomic E-state index is 13.2. The van der Waals surface area contributed by atoms with Crippen molar-refractivity contribution < 1.29 is 19.2 Å². The maximum atomic E-state index is 13.2. The summed E-state index contributed by atoms with van der Waals surface area (Å²) < 4.78 is 5.40. The number of amides is 1. The van der Waals surface area contributed by atoms with Gasteiger partial charge in [-0.25, -0.2) is 0 Å². The number of carbonyl (C=O) groups is 2. The molecule has 1 N–H and O–H groups in total. The molecular formula is C19H22N2O4. The van der Waals surface area contributed by atoms with Gasteiger partial charge in [-0.1, -0.05) is 49.3 Å². The van der Waals surface area contributed by atoms with Crippen molar-refractivity contribution in [2.24, 2.45) is 11.8 Å². The molecule has 1 saturated heterocycles.